The second-order valence-corrected chi connectivity index (χ2v) is 2.36. The van der Waals surface area contributed by atoms with Gasteiger partial charge in [0, 0.05) is 6.21 Å². The van der Waals surface area contributed by atoms with Gasteiger partial charge in [0.25, 0.3) is 0 Å². The lowest BCUT2D eigenvalue weighted by molar-refractivity contribution is 1.08. The van der Waals surface area contributed by atoms with Crippen LogP contribution in [-0.2, 0) is 6.42 Å². The molecular formula is C9H8N. The van der Waals surface area contributed by atoms with Gasteiger partial charge in [-0.25, -0.2) is 0 Å². The maximum Gasteiger partial charge on any atom is 0.0766 e. The molecule has 0 saturated carbocycles. The number of fused-ring (bicyclic) bond motifs is 1. The summed E-state index contributed by atoms with van der Waals surface area (Å²) in [4.78, 5) is 4.07. The molecule has 49 valence electrons. The number of nitrogens with zero attached hydrogens (tertiary/aromatic N) is 1. The number of benzene rings is 1. The normalized spacial score (nSPS) is 14.8. The summed E-state index contributed by atoms with van der Waals surface area (Å²) in [5.74, 6) is 0. The van der Waals surface area contributed by atoms with E-state index >= 15 is 0 Å². The maximum atomic E-state index is 4.07. The third kappa shape index (κ3) is 0.838. The smallest absolute Gasteiger partial charge is 0.0766 e. The molecule has 0 N–H and O–H groups in total. The lowest BCUT2D eigenvalue weighted by atomic mass is 10.0. The standard InChI is InChI=1S/C9H8N/c1-2-4-9-7-10-6-5-8(9)3-1/h1-4,6-7H,5H2. The summed E-state index contributed by atoms with van der Waals surface area (Å²) in [5, 5.41) is 0. The van der Waals surface area contributed by atoms with Crippen molar-refractivity contribution < 1.29 is 0 Å². The van der Waals surface area contributed by atoms with Crippen molar-refractivity contribution in [3.05, 3.63) is 41.9 Å². The molecule has 0 amide bonds. The van der Waals surface area contributed by atoms with Gasteiger partial charge in [0.15, 0.2) is 0 Å². The second kappa shape index (κ2) is 2.25. The van der Waals surface area contributed by atoms with Crippen molar-refractivity contribution in [3.63, 3.8) is 0 Å². The van der Waals surface area contributed by atoms with Crippen molar-refractivity contribution in [3.8, 4) is 0 Å². The Morgan fingerprint density at radius 3 is 3.00 bits per heavy atom. The molecule has 0 aromatic heterocycles. The van der Waals surface area contributed by atoms with E-state index in [0.717, 1.165) is 6.42 Å². The molecule has 1 aliphatic heterocycles. The molecule has 1 heteroatoms. The first-order valence-electron chi connectivity index (χ1n) is 3.39. The van der Waals surface area contributed by atoms with Crippen LogP contribution in [0.5, 0.6) is 0 Å². The zero-order valence-electron chi connectivity index (χ0n) is 5.62. The lowest BCUT2D eigenvalue weighted by Gasteiger charge is -2.06. The Morgan fingerprint density at radius 2 is 2.10 bits per heavy atom. The molecule has 1 aliphatic rings. The van der Waals surface area contributed by atoms with Crippen molar-refractivity contribution in [1.29, 1.82) is 0 Å². The highest BCUT2D eigenvalue weighted by Gasteiger charge is 2.01. The van der Waals surface area contributed by atoms with E-state index in [-0.39, 0.29) is 0 Å². The van der Waals surface area contributed by atoms with E-state index in [9.17, 15) is 0 Å². The molecule has 10 heavy (non-hydrogen) atoms. The van der Waals surface area contributed by atoms with Crippen molar-refractivity contribution in [2.75, 3.05) is 0 Å². The predicted molar refractivity (Wildman–Crippen MR) is 42.0 cm³/mol. The van der Waals surface area contributed by atoms with Crippen molar-refractivity contribution in [2.24, 2.45) is 4.99 Å². The van der Waals surface area contributed by atoms with Crippen LogP contribution in [0.2, 0.25) is 0 Å². The molecule has 0 unspecified atom stereocenters. The highest BCUT2D eigenvalue weighted by atomic mass is 14.7. The molecule has 2 rings (SSSR count). The quantitative estimate of drug-likeness (QED) is 0.508. The molecule has 0 aliphatic carbocycles. The van der Waals surface area contributed by atoms with Crippen LogP contribution in [0.1, 0.15) is 11.1 Å². The highest BCUT2D eigenvalue weighted by molar-refractivity contribution is 5.83. The number of rotatable bonds is 0. The number of hydrogen-bond donors (Lipinski definition) is 0. The molecular weight excluding hydrogens is 122 g/mol. The van der Waals surface area contributed by atoms with Crippen molar-refractivity contribution in [2.45, 2.75) is 6.42 Å². The van der Waals surface area contributed by atoms with Crippen LogP contribution in [0.15, 0.2) is 29.3 Å². The molecule has 0 fully saturated rings. The second-order valence-electron chi connectivity index (χ2n) is 2.36. The molecule has 0 saturated heterocycles. The van der Waals surface area contributed by atoms with E-state index in [1.54, 1.807) is 0 Å². The first-order valence-corrected chi connectivity index (χ1v) is 3.39. The van der Waals surface area contributed by atoms with Crippen LogP contribution >= 0.6 is 0 Å². The lowest BCUT2D eigenvalue weighted by Crippen LogP contribution is -1.97. The van der Waals surface area contributed by atoms with Gasteiger partial charge >= 0.3 is 0 Å². The van der Waals surface area contributed by atoms with Gasteiger partial charge in [-0.3, -0.25) is 4.99 Å². The van der Waals surface area contributed by atoms with E-state index in [1.807, 2.05) is 18.8 Å². The summed E-state index contributed by atoms with van der Waals surface area (Å²) in [6.07, 6.45) is 2.88. The van der Waals surface area contributed by atoms with Crippen LogP contribution in [0.4, 0.5) is 0 Å². The zero-order valence-corrected chi connectivity index (χ0v) is 5.62. The first kappa shape index (κ1) is 5.66. The fourth-order valence-corrected chi connectivity index (χ4v) is 1.13. The summed E-state index contributed by atoms with van der Waals surface area (Å²) >= 11 is 0. The van der Waals surface area contributed by atoms with Gasteiger partial charge in [-0.2, -0.15) is 0 Å². The minimum Gasteiger partial charge on any atom is -0.287 e. The predicted octanol–water partition coefficient (Wildman–Crippen LogP) is 1.82. The maximum absolute atomic E-state index is 4.07. The van der Waals surface area contributed by atoms with E-state index in [1.165, 1.54) is 11.1 Å². The average Bonchev–Trinajstić information content (AvgIpc) is 2.05. The summed E-state index contributed by atoms with van der Waals surface area (Å²) in [7, 11) is 0. The van der Waals surface area contributed by atoms with Crippen LogP contribution in [0.25, 0.3) is 0 Å². The Labute approximate surface area is 60.4 Å². The summed E-state index contributed by atoms with van der Waals surface area (Å²) in [6.45, 7) is 1.93. The first-order chi connectivity index (χ1) is 4.97. The molecule has 1 heterocycles. The molecule has 0 spiro atoms. The van der Waals surface area contributed by atoms with Crippen LogP contribution in [0.3, 0.4) is 0 Å². The molecule has 1 nitrogen and oxygen atoms in total. The SMILES string of the molecule is [CH]1Cc2ccccc2C=N1. The molecule has 1 radical (unpaired) electrons. The van der Waals surface area contributed by atoms with Gasteiger partial charge in [0.2, 0.25) is 0 Å². The van der Waals surface area contributed by atoms with E-state index in [4.69, 9.17) is 0 Å². The molecule has 0 atom stereocenters. The summed E-state index contributed by atoms with van der Waals surface area (Å²) < 4.78 is 0. The fraction of sp³-hybridized carbons (Fsp3) is 0.111. The monoisotopic (exact) mass is 130 g/mol. The van der Waals surface area contributed by atoms with Crippen molar-refractivity contribution >= 4 is 6.21 Å². The Morgan fingerprint density at radius 1 is 1.20 bits per heavy atom. The summed E-state index contributed by atoms with van der Waals surface area (Å²) in [6, 6.07) is 8.32. The zero-order chi connectivity index (χ0) is 6.81. The van der Waals surface area contributed by atoms with Gasteiger partial charge in [0.1, 0.15) is 0 Å². The van der Waals surface area contributed by atoms with E-state index < -0.39 is 0 Å². The minimum absolute atomic E-state index is 0.979. The largest absolute Gasteiger partial charge is 0.287 e. The van der Waals surface area contributed by atoms with Gasteiger partial charge < -0.3 is 0 Å². The van der Waals surface area contributed by atoms with Crippen LogP contribution in [-0.4, -0.2) is 6.21 Å². The van der Waals surface area contributed by atoms with Crippen LogP contribution < -0.4 is 0 Å². The molecule has 1 aromatic carbocycles. The average molecular weight is 130 g/mol. The Balaban J connectivity index is 2.54. The van der Waals surface area contributed by atoms with Gasteiger partial charge in [-0.05, 0) is 17.5 Å². The Bertz CT molecular complexity index is 263. The van der Waals surface area contributed by atoms with Crippen molar-refractivity contribution in [1.82, 2.24) is 0 Å². The summed E-state index contributed by atoms with van der Waals surface area (Å²) in [5.41, 5.74) is 2.63. The van der Waals surface area contributed by atoms with E-state index in [0.29, 0.717) is 0 Å². The van der Waals surface area contributed by atoms with E-state index in [2.05, 4.69) is 23.2 Å². The third-order valence-electron chi connectivity index (χ3n) is 1.69. The highest BCUT2D eigenvalue weighted by Crippen LogP contribution is 2.12. The topological polar surface area (TPSA) is 12.4 Å². The van der Waals surface area contributed by atoms with Gasteiger partial charge in [0.05, 0.1) is 6.54 Å². The molecule has 1 aromatic rings. The number of aliphatic imine (C=N–C) groups is 1. The molecule has 0 bridgehead atoms. The third-order valence-corrected chi connectivity index (χ3v) is 1.69. The Kier molecular flexibility index (Phi) is 1.28. The minimum atomic E-state index is 0.979. The van der Waals surface area contributed by atoms with Crippen LogP contribution in [0, 0.1) is 6.54 Å². The Hall–Kier alpha value is -1.11. The van der Waals surface area contributed by atoms with Gasteiger partial charge in [-0.1, -0.05) is 24.3 Å². The van der Waals surface area contributed by atoms with Gasteiger partial charge in [-0.15, -0.1) is 0 Å². The fourth-order valence-electron chi connectivity index (χ4n) is 1.13. The number of hydrogen-bond acceptors (Lipinski definition) is 1.